The zero-order valence-corrected chi connectivity index (χ0v) is 14.1. The molecule has 2 rings (SSSR count). The third-order valence-electron chi connectivity index (χ3n) is 2.76. The Kier molecular flexibility index (Phi) is 4.51. The summed E-state index contributed by atoms with van der Waals surface area (Å²) >= 11 is 4.48. The van der Waals surface area contributed by atoms with Crippen LogP contribution in [-0.2, 0) is 10.0 Å². The largest absolute Gasteiger partial charge is 0.273 e. The van der Waals surface area contributed by atoms with E-state index in [9.17, 15) is 12.8 Å². The number of sulfonamides is 1. The van der Waals surface area contributed by atoms with E-state index in [1.807, 2.05) is 6.92 Å². The van der Waals surface area contributed by atoms with Crippen LogP contribution < -0.4 is 4.31 Å². The zero-order chi connectivity index (χ0) is 14.9. The number of thiophene rings is 1. The van der Waals surface area contributed by atoms with Crippen molar-refractivity contribution in [3.8, 4) is 0 Å². The highest BCUT2D eigenvalue weighted by atomic mass is 79.9. The normalized spacial score (nSPS) is 11.6. The van der Waals surface area contributed by atoms with E-state index in [2.05, 4.69) is 15.9 Å². The Morgan fingerprint density at radius 3 is 2.55 bits per heavy atom. The average Bonchev–Trinajstić information content (AvgIpc) is 2.71. The third kappa shape index (κ3) is 2.89. The Morgan fingerprint density at radius 2 is 2.05 bits per heavy atom. The molecular weight excluding hydrogens is 365 g/mol. The highest BCUT2D eigenvalue weighted by Crippen LogP contribution is 2.34. The van der Waals surface area contributed by atoms with Crippen LogP contribution >= 0.6 is 27.3 Å². The summed E-state index contributed by atoms with van der Waals surface area (Å²) in [5.74, 6) is -0.459. The van der Waals surface area contributed by atoms with Gasteiger partial charge in [-0.05, 0) is 59.6 Å². The van der Waals surface area contributed by atoms with Gasteiger partial charge in [0.1, 0.15) is 10.0 Å². The molecule has 0 unspecified atom stereocenters. The van der Waals surface area contributed by atoms with Crippen molar-refractivity contribution >= 4 is 43.0 Å². The summed E-state index contributed by atoms with van der Waals surface area (Å²) in [5.41, 5.74) is 1.19. The highest BCUT2D eigenvalue weighted by molar-refractivity contribution is 9.11. The van der Waals surface area contributed by atoms with Gasteiger partial charge in [0, 0.05) is 6.54 Å². The first-order valence-corrected chi connectivity index (χ1v) is 8.95. The monoisotopic (exact) mass is 377 g/mol. The first kappa shape index (κ1) is 15.5. The molecule has 0 aliphatic heterocycles. The van der Waals surface area contributed by atoms with Gasteiger partial charge >= 0.3 is 0 Å². The van der Waals surface area contributed by atoms with Gasteiger partial charge < -0.3 is 0 Å². The number of hydrogen-bond donors (Lipinski definition) is 0. The molecule has 0 aliphatic carbocycles. The lowest BCUT2D eigenvalue weighted by atomic mass is 10.3. The molecule has 0 aliphatic rings. The molecule has 1 heterocycles. The fourth-order valence-corrected chi connectivity index (χ4v) is 5.60. The first-order valence-electron chi connectivity index (χ1n) is 5.90. The SMILES string of the molecule is CCN(c1cccc(F)c1)S(=O)(=O)c1cc(C)c(Br)s1. The van der Waals surface area contributed by atoms with E-state index < -0.39 is 15.8 Å². The van der Waals surface area contributed by atoms with Crippen molar-refractivity contribution < 1.29 is 12.8 Å². The molecule has 1 aromatic carbocycles. The summed E-state index contributed by atoms with van der Waals surface area (Å²) in [4.78, 5) is 0. The molecule has 0 saturated carbocycles. The summed E-state index contributed by atoms with van der Waals surface area (Å²) in [7, 11) is -3.67. The minimum atomic E-state index is -3.67. The van der Waals surface area contributed by atoms with Crippen LogP contribution in [0.2, 0.25) is 0 Å². The fourth-order valence-electron chi connectivity index (χ4n) is 1.79. The van der Waals surface area contributed by atoms with Crippen LogP contribution in [0.15, 0.2) is 38.3 Å². The predicted octanol–water partition coefficient (Wildman–Crippen LogP) is 4.17. The van der Waals surface area contributed by atoms with Gasteiger partial charge in [0.25, 0.3) is 10.0 Å². The Bertz CT molecular complexity index is 708. The molecular formula is C13H13BrFNO2S2. The van der Waals surface area contributed by atoms with Crippen molar-refractivity contribution in [2.45, 2.75) is 18.1 Å². The van der Waals surface area contributed by atoms with E-state index in [-0.39, 0.29) is 10.8 Å². The molecule has 20 heavy (non-hydrogen) atoms. The van der Waals surface area contributed by atoms with Gasteiger partial charge in [0.15, 0.2) is 0 Å². The Hall–Kier alpha value is -0.920. The molecule has 0 amide bonds. The van der Waals surface area contributed by atoms with Crippen LogP contribution in [0.25, 0.3) is 0 Å². The van der Waals surface area contributed by atoms with Crippen molar-refractivity contribution in [3.05, 3.63) is 45.5 Å². The first-order chi connectivity index (χ1) is 9.36. The lowest BCUT2D eigenvalue weighted by Crippen LogP contribution is -2.30. The van der Waals surface area contributed by atoms with Gasteiger partial charge in [0.2, 0.25) is 0 Å². The maximum absolute atomic E-state index is 13.3. The van der Waals surface area contributed by atoms with Crippen molar-refractivity contribution in [1.29, 1.82) is 0 Å². The van der Waals surface area contributed by atoms with Gasteiger partial charge in [-0.3, -0.25) is 4.31 Å². The summed E-state index contributed by atoms with van der Waals surface area (Å²) in [6.45, 7) is 3.79. The van der Waals surface area contributed by atoms with Gasteiger partial charge in [-0.15, -0.1) is 11.3 Å². The Balaban J connectivity index is 2.50. The molecule has 2 aromatic rings. The minimum absolute atomic E-state index is 0.236. The van der Waals surface area contributed by atoms with E-state index in [0.717, 1.165) is 20.7 Å². The molecule has 0 fully saturated rings. The standard InChI is InChI=1S/C13H13BrFNO2S2/c1-3-16(11-6-4-5-10(15)8-11)20(17,18)12-7-9(2)13(14)19-12/h4-8H,3H2,1-2H3. The lowest BCUT2D eigenvalue weighted by molar-refractivity contribution is 0.593. The summed E-state index contributed by atoms with van der Waals surface area (Å²) in [6, 6.07) is 7.20. The molecule has 0 N–H and O–H groups in total. The van der Waals surface area contributed by atoms with E-state index >= 15 is 0 Å². The molecule has 0 spiro atoms. The van der Waals surface area contributed by atoms with Crippen molar-refractivity contribution in [3.63, 3.8) is 0 Å². The van der Waals surface area contributed by atoms with Crippen LogP contribution in [-0.4, -0.2) is 15.0 Å². The number of nitrogens with zero attached hydrogens (tertiary/aromatic N) is 1. The van der Waals surface area contributed by atoms with Crippen LogP contribution in [0.3, 0.4) is 0 Å². The van der Waals surface area contributed by atoms with Crippen LogP contribution in [0.5, 0.6) is 0 Å². The quantitative estimate of drug-likeness (QED) is 0.801. The van der Waals surface area contributed by atoms with E-state index in [1.165, 1.54) is 22.5 Å². The van der Waals surface area contributed by atoms with Crippen molar-refractivity contribution in [1.82, 2.24) is 0 Å². The molecule has 108 valence electrons. The van der Waals surface area contributed by atoms with Crippen LogP contribution in [0.1, 0.15) is 12.5 Å². The smallest absolute Gasteiger partial charge is 0.266 e. The second-order valence-electron chi connectivity index (χ2n) is 4.17. The molecule has 0 saturated heterocycles. The van der Waals surface area contributed by atoms with Crippen molar-refractivity contribution in [2.24, 2.45) is 0 Å². The summed E-state index contributed by atoms with van der Waals surface area (Å²) < 4.78 is 40.8. The highest BCUT2D eigenvalue weighted by Gasteiger charge is 2.26. The zero-order valence-electron chi connectivity index (χ0n) is 10.9. The molecule has 7 heteroatoms. The summed E-state index contributed by atoms with van der Waals surface area (Å²) in [5, 5.41) is 0. The predicted molar refractivity (Wildman–Crippen MR) is 83.4 cm³/mol. The van der Waals surface area contributed by atoms with E-state index in [0.29, 0.717) is 5.69 Å². The second-order valence-corrected chi connectivity index (χ2v) is 8.63. The number of benzene rings is 1. The topological polar surface area (TPSA) is 37.4 Å². The Morgan fingerprint density at radius 1 is 1.35 bits per heavy atom. The molecule has 0 atom stereocenters. The van der Waals surface area contributed by atoms with E-state index in [4.69, 9.17) is 0 Å². The second kappa shape index (κ2) is 5.83. The van der Waals surface area contributed by atoms with E-state index in [1.54, 1.807) is 19.1 Å². The Labute approximate surface area is 130 Å². The molecule has 0 radical (unpaired) electrons. The summed E-state index contributed by atoms with van der Waals surface area (Å²) in [6.07, 6.45) is 0. The minimum Gasteiger partial charge on any atom is -0.266 e. The third-order valence-corrected chi connectivity index (χ3v) is 7.25. The van der Waals surface area contributed by atoms with Crippen LogP contribution in [0, 0.1) is 12.7 Å². The van der Waals surface area contributed by atoms with Gasteiger partial charge in [0.05, 0.1) is 9.47 Å². The van der Waals surface area contributed by atoms with Crippen molar-refractivity contribution in [2.75, 3.05) is 10.8 Å². The maximum Gasteiger partial charge on any atom is 0.273 e. The number of rotatable bonds is 4. The average molecular weight is 378 g/mol. The molecule has 0 bridgehead atoms. The van der Waals surface area contributed by atoms with Crippen LogP contribution in [0.4, 0.5) is 10.1 Å². The number of halogens is 2. The number of anilines is 1. The molecule has 3 nitrogen and oxygen atoms in total. The number of hydrogen-bond acceptors (Lipinski definition) is 3. The van der Waals surface area contributed by atoms with Gasteiger partial charge in [-0.1, -0.05) is 6.07 Å². The maximum atomic E-state index is 13.3. The fraction of sp³-hybridized carbons (Fsp3) is 0.231. The number of aryl methyl sites for hydroxylation is 1. The van der Waals surface area contributed by atoms with Gasteiger partial charge in [-0.2, -0.15) is 0 Å². The van der Waals surface area contributed by atoms with Gasteiger partial charge in [-0.25, -0.2) is 12.8 Å². The lowest BCUT2D eigenvalue weighted by Gasteiger charge is -2.21. The molecule has 1 aromatic heterocycles.